The SMILES string of the molecule is CC(c1ccccc1)N(c1ccc2[nH]ccc2c1)C1CCNCC1.O=C(O)C(F)(F)F. The fraction of sp³-hybridized carbons (Fsp3) is 0.348. The lowest BCUT2D eigenvalue weighted by Gasteiger charge is -2.41. The number of H-pyrrole nitrogens is 1. The Balaban J connectivity index is 0.000000339. The van der Waals surface area contributed by atoms with E-state index in [1.807, 2.05) is 6.20 Å². The van der Waals surface area contributed by atoms with Gasteiger partial charge in [-0.2, -0.15) is 13.2 Å². The number of alkyl halides is 3. The lowest BCUT2D eigenvalue weighted by molar-refractivity contribution is -0.192. The van der Waals surface area contributed by atoms with Gasteiger partial charge >= 0.3 is 12.1 Å². The first-order valence-corrected chi connectivity index (χ1v) is 10.2. The highest BCUT2D eigenvalue weighted by Crippen LogP contribution is 2.33. The Kier molecular flexibility index (Phi) is 7.22. The van der Waals surface area contributed by atoms with Crippen molar-refractivity contribution in [1.29, 1.82) is 0 Å². The average molecular weight is 433 g/mol. The fourth-order valence-corrected chi connectivity index (χ4v) is 3.93. The number of benzene rings is 2. The summed E-state index contributed by atoms with van der Waals surface area (Å²) in [5, 5.41) is 11.9. The molecule has 166 valence electrons. The Morgan fingerprint density at radius 2 is 1.74 bits per heavy atom. The number of piperidine rings is 1. The van der Waals surface area contributed by atoms with Crippen molar-refractivity contribution in [2.45, 2.75) is 38.0 Å². The summed E-state index contributed by atoms with van der Waals surface area (Å²) in [5.41, 5.74) is 3.91. The lowest BCUT2D eigenvalue weighted by Crippen LogP contribution is -2.44. The molecule has 0 amide bonds. The van der Waals surface area contributed by atoms with Gasteiger partial charge in [-0.3, -0.25) is 0 Å². The van der Waals surface area contributed by atoms with Crippen LogP contribution in [-0.2, 0) is 4.79 Å². The smallest absolute Gasteiger partial charge is 0.475 e. The molecule has 1 atom stereocenters. The van der Waals surface area contributed by atoms with Crippen molar-refractivity contribution in [3.8, 4) is 0 Å². The van der Waals surface area contributed by atoms with E-state index in [1.165, 1.54) is 35.0 Å². The van der Waals surface area contributed by atoms with E-state index in [4.69, 9.17) is 9.90 Å². The number of hydrogen-bond donors (Lipinski definition) is 3. The molecule has 8 heteroatoms. The predicted molar refractivity (Wildman–Crippen MR) is 115 cm³/mol. The number of hydrogen-bond acceptors (Lipinski definition) is 3. The number of fused-ring (bicyclic) bond motifs is 1. The van der Waals surface area contributed by atoms with Crippen LogP contribution in [0.4, 0.5) is 18.9 Å². The van der Waals surface area contributed by atoms with Gasteiger partial charge in [0, 0.05) is 28.8 Å². The summed E-state index contributed by atoms with van der Waals surface area (Å²) >= 11 is 0. The van der Waals surface area contributed by atoms with Crippen molar-refractivity contribution in [1.82, 2.24) is 10.3 Å². The highest BCUT2D eigenvalue weighted by atomic mass is 19.4. The summed E-state index contributed by atoms with van der Waals surface area (Å²) < 4.78 is 31.7. The second-order valence-corrected chi connectivity index (χ2v) is 7.53. The summed E-state index contributed by atoms with van der Waals surface area (Å²) in [6, 6.07) is 20.8. The van der Waals surface area contributed by atoms with E-state index in [2.05, 4.69) is 76.7 Å². The van der Waals surface area contributed by atoms with Crippen LogP contribution in [-0.4, -0.2) is 41.4 Å². The van der Waals surface area contributed by atoms with Crippen molar-refractivity contribution in [2.24, 2.45) is 0 Å². The molecule has 1 aliphatic rings. The maximum atomic E-state index is 10.6. The van der Waals surface area contributed by atoms with Crippen molar-refractivity contribution < 1.29 is 23.1 Å². The molecule has 2 heterocycles. The maximum absolute atomic E-state index is 10.6. The van der Waals surface area contributed by atoms with Crippen LogP contribution in [0, 0.1) is 0 Å². The Labute approximate surface area is 178 Å². The first-order chi connectivity index (χ1) is 14.8. The van der Waals surface area contributed by atoms with Gasteiger partial charge in [-0.05, 0) is 62.7 Å². The fourth-order valence-electron chi connectivity index (χ4n) is 3.93. The molecule has 1 aliphatic heterocycles. The van der Waals surface area contributed by atoms with Gasteiger partial charge in [0.1, 0.15) is 0 Å². The largest absolute Gasteiger partial charge is 0.490 e. The van der Waals surface area contributed by atoms with Gasteiger partial charge in [-0.25, -0.2) is 4.79 Å². The normalized spacial score (nSPS) is 15.7. The quantitative estimate of drug-likeness (QED) is 0.534. The number of nitrogens with one attached hydrogen (secondary N) is 2. The van der Waals surface area contributed by atoms with Gasteiger partial charge in [0.2, 0.25) is 0 Å². The van der Waals surface area contributed by atoms with Crippen molar-refractivity contribution >= 4 is 22.6 Å². The highest BCUT2D eigenvalue weighted by Gasteiger charge is 2.38. The van der Waals surface area contributed by atoms with Crippen LogP contribution >= 0.6 is 0 Å². The van der Waals surface area contributed by atoms with Gasteiger partial charge in [0.25, 0.3) is 0 Å². The van der Waals surface area contributed by atoms with Crippen LogP contribution in [0.2, 0.25) is 0 Å². The summed E-state index contributed by atoms with van der Waals surface area (Å²) in [5.74, 6) is -2.76. The number of aromatic nitrogens is 1. The zero-order valence-corrected chi connectivity index (χ0v) is 17.2. The number of anilines is 1. The van der Waals surface area contributed by atoms with E-state index in [-0.39, 0.29) is 0 Å². The molecule has 4 rings (SSSR count). The Hall–Kier alpha value is -3.00. The zero-order chi connectivity index (χ0) is 22.4. The molecular weight excluding hydrogens is 407 g/mol. The summed E-state index contributed by atoms with van der Waals surface area (Å²) in [6.45, 7) is 4.54. The van der Waals surface area contributed by atoms with E-state index in [1.54, 1.807) is 0 Å². The van der Waals surface area contributed by atoms with E-state index in [0.29, 0.717) is 12.1 Å². The Bertz CT molecular complexity index is 982. The maximum Gasteiger partial charge on any atom is 0.490 e. The van der Waals surface area contributed by atoms with Crippen molar-refractivity contribution in [3.05, 3.63) is 66.4 Å². The van der Waals surface area contributed by atoms with Gasteiger partial charge in [0.15, 0.2) is 0 Å². The third-order valence-electron chi connectivity index (χ3n) is 5.48. The topological polar surface area (TPSA) is 68.4 Å². The van der Waals surface area contributed by atoms with Crippen LogP contribution in [0.15, 0.2) is 60.8 Å². The molecule has 3 aromatic rings. The number of carboxylic acids is 1. The molecular formula is C23H26F3N3O2. The molecule has 1 saturated heterocycles. The molecule has 0 radical (unpaired) electrons. The molecule has 2 aromatic carbocycles. The standard InChI is InChI=1S/C21H25N3.C2HF3O2/c1-16(17-5-3-2-4-6-17)24(19-10-12-22-13-11-19)20-7-8-21-18(15-20)9-14-23-21;3-2(4,5)1(6)7/h2-9,14-16,19,22-23H,10-13H2,1H3;(H,6,7). The second kappa shape index (κ2) is 9.87. The monoisotopic (exact) mass is 433 g/mol. The summed E-state index contributed by atoms with van der Waals surface area (Å²) in [4.78, 5) is 14.8. The van der Waals surface area contributed by atoms with Crippen LogP contribution in [0.1, 0.15) is 31.4 Å². The molecule has 0 aliphatic carbocycles. The van der Waals surface area contributed by atoms with Gasteiger partial charge in [-0.15, -0.1) is 0 Å². The lowest BCUT2D eigenvalue weighted by atomic mass is 9.98. The van der Waals surface area contributed by atoms with Crippen LogP contribution < -0.4 is 10.2 Å². The van der Waals surface area contributed by atoms with Crippen LogP contribution in [0.5, 0.6) is 0 Å². The van der Waals surface area contributed by atoms with Gasteiger partial charge in [0.05, 0.1) is 6.04 Å². The highest BCUT2D eigenvalue weighted by molar-refractivity contribution is 5.83. The third-order valence-corrected chi connectivity index (χ3v) is 5.48. The Morgan fingerprint density at radius 1 is 1.10 bits per heavy atom. The van der Waals surface area contributed by atoms with Gasteiger partial charge in [-0.1, -0.05) is 30.3 Å². The molecule has 0 saturated carbocycles. The molecule has 31 heavy (non-hydrogen) atoms. The molecule has 3 N–H and O–H groups in total. The van der Waals surface area contributed by atoms with Gasteiger partial charge < -0.3 is 20.3 Å². The van der Waals surface area contributed by atoms with Crippen LogP contribution in [0.3, 0.4) is 0 Å². The van der Waals surface area contributed by atoms with E-state index in [0.717, 1.165) is 13.1 Å². The molecule has 5 nitrogen and oxygen atoms in total. The van der Waals surface area contributed by atoms with Crippen molar-refractivity contribution in [3.63, 3.8) is 0 Å². The molecule has 0 bridgehead atoms. The number of aromatic amines is 1. The number of carboxylic acid groups (broad SMARTS) is 1. The number of rotatable bonds is 4. The molecule has 1 fully saturated rings. The van der Waals surface area contributed by atoms with Crippen molar-refractivity contribution in [2.75, 3.05) is 18.0 Å². The summed E-state index contributed by atoms with van der Waals surface area (Å²) in [6.07, 6.45) is -0.672. The minimum atomic E-state index is -5.08. The van der Waals surface area contributed by atoms with E-state index < -0.39 is 12.1 Å². The zero-order valence-electron chi connectivity index (χ0n) is 17.2. The summed E-state index contributed by atoms with van der Waals surface area (Å²) in [7, 11) is 0. The molecule has 1 unspecified atom stereocenters. The average Bonchev–Trinajstić information content (AvgIpc) is 3.23. The first kappa shape index (κ1) is 22.7. The van der Waals surface area contributed by atoms with Crippen LogP contribution in [0.25, 0.3) is 10.9 Å². The minimum absolute atomic E-state index is 0.366. The number of nitrogens with zero attached hydrogens (tertiary/aromatic N) is 1. The number of halogens is 3. The molecule has 0 spiro atoms. The van der Waals surface area contributed by atoms with E-state index >= 15 is 0 Å². The first-order valence-electron chi connectivity index (χ1n) is 10.2. The third kappa shape index (κ3) is 5.79. The Morgan fingerprint density at radius 3 is 2.35 bits per heavy atom. The predicted octanol–water partition coefficient (Wildman–Crippen LogP) is 5.12. The second-order valence-electron chi connectivity index (χ2n) is 7.53. The van der Waals surface area contributed by atoms with E-state index in [9.17, 15) is 13.2 Å². The minimum Gasteiger partial charge on any atom is -0.475 e. The molecule has 1 aromatic heterocycles. The number of carbonyl (C=O) groups is 1. The number of aliphatic carboxylic acids is 1.